The fourth-order valence-electron chi connectivity index (χ4n) is 0.554. The van der Waals surface area contributed by atoms with E-state index in [0.29, 0.717) is 0 Å². The van der Waals surface area contributed by atoms with Crippen LogP contribution in [0, 0.1) is 6.29 Å². The van der Waals surface area contributed by atoms with Crippen molar-refractivity contribution >= 4 is 16.1 Å². The number of aliphatic hydroxyl groups excluding tert-OH is 1. The molecule has 0 rings (SSSR count). The number of ether oxygens (including phenoxy) is 1. The Kier molecular flexibility index (Phi) is 5.36. The highest BCUT2D eigenvalue weighted by Gasteiger charge is 2.15. The quantitative estimate of drug-likeness (QED) is 0.393. The van der Waals surface area contributed by atoms with E-state index in [2.05, 4.69) is 4.74 Å². The van der Waals surface area contributed by atoms with Crippen LogP contribution < -0.4 is 0 Å². The van der Waals surface area contributed by atoms with Crippen molar-refractivity contribution in [3.63, 3.8) is 0 Å². The van der Waals surface area contributed by atoms with E-state index in [1.54, 1.807) is 6.92 Å². The number of allylic oxidation sites excluding steroid dienone is 1. The van der Waals surface area contributed by atoms with Gasteiger partial charge in [0.25, 0.3) is 16.4 Å². The van der Waals surface area contributed by atoms with Crippen molar-refractivity contribution in [3.8, 4) is 0 Å². The van der Waals surface area contributed by atoms with Gasteiger partial charge >= 0.3 is 5.97 Å². The number of carbonyl (C=O) groups is 1. The molecule has 7 heteroatoms. The molecule has 0 aromatic carbocycles. The smallest absolute Gasteiger partial charge is 0.333 e. The van der Waals surface area contributed by atoms with Gasteiger partial charge in [0.05, 0.1) is 5.75 Å². The minimum Gasteiger partial charge on any atom is -0.423 e. The molecule has 0 bridgehead atoms. The third kappa shape index (κ3) is 7.71. The summed E-state index contributed by atoms with van der Waals surface area (Å²) in [5, 5.41) is 8.87. The van der Waals surface area contributed by atoms with Crippen molar-refractivity contribution in [2.24, 2.45) is 0 Å². The molecule has 0 aliphatic carbocycles. The molecule has 2 N–H and O–H groups in total. The predicted octanol–water partition coefficient (Wildman–Crippen LogP) is 0.246. The number of carbonyl (C=O) groups excluding carboxylic acids is 1. The van der Waals surface area contributed by atoms with Gasteiger partial charge in [-0.15, -0.1) is 0 Å². The maximum absolute atomic E-state index is 10.7. The van der Waals surface area contributed by atoms with E-state index in [9.17, 15) is 13.2 Å². The molecule has 1 radical (unpaired) electrons. The Morgan fingerprint density at radius 1 is 1.50 bits per heavy atom. The van der Waals surface area contributed by atoms with Gasteiger partial charge in [0.2, 0.25) is 0 Å². The molecule has 0 aliphatic rings. The maximum atomic E-state index is 10.7. The lowest BCUT2D eigenvalue weighted by molar-refractivity contribution is -0.144. The number of aliphatic hydroxyl groups is 1. The minimum absolute atomic E-state index is 0.442. The lowest BCUT2D eigenvalue weighted by atomic mass is 10.4. The van der Waals surface area contributed by atoms with Crippen LogP contribution in [0.4, 0.5) is 0 Å². The molecule has 81 valence electrons. The van der Waals surface area contributed by atoms with E-state index in [4.69, 9.17) is 9.66 Å². The summed E-state index contributed by atoms with van der Waals surface area (Å²) in [4.78, 5) is 10.7. The second-order valence-electron chi connectivity index (χ2n) is 2.35. The van der Waals surface area contributed by atoms with Crippen molar-refractivity contribution < 1.29 is 27.6 Å². The Labute approximate surface area is 81.9 Å². The molecule has 0 aliphatic heterocycles. The fourth-order valence-corrected chi connectivity index (χ4v) is 0.986. The van der Waals surface area contributed by atoms with Crippen LogP contribution in [-0.2, 0) is 19.6 Å². The van der Waals surface area contributed by atoms with Gasteiger partial charge in [-0.25, -0.2) is 4.79 Å². The summed E-state index contributed by atoms with van der Waals surface area (Å²) in [6.07, 6.45) is 1.27. The van der Waals surface area contributed by atoms with Crippen LogP contribution in [0.2, 0.25) is 0 Å². The summed E-state index contributed by atoms with van der Waals surface area (Å²) in [6, 6.07) is 0. The molecule has 0 saturated carbocycles. The zero-order chi connectivity index (χ0) is 11.2. The van der Waals surface area contributed by atoms with E-state index in [-0.39, 0.29) is 0 Å². The average molecular weight is 223 g/mol. The van der Waals surface area contributed by atoms with E-state index in [1.165, 1.54) is 6.08 Å². The third-order valence-corrected chi connectivity index (χ3v) is 1.82. The van der Waals surface area contributed by atoms with Gasteiger partial charge < -0.3 is 9.84 Å². The number of esters is 1. The number of rotatable bonds is 5. The Hall–Kier alpha value is -0.920. The van der Waals surface area contributed by atoms with Gasteiger partial charge in [0.15, 0.2) is 0 Å². The van der Waals surface area contributed by atoms with Gasteiger partial charge in [-0.05, 0) is 6.92 Å². The van der Waals surface area contributed by atoms with E-state index in [0.717, 1.165) is 6.08 Å². The molecule has 0 spiro atoms. The number of hydrogen-bond acceptors (Lipinski definition) is 5. The molecule has 0 amide bonds. The van der Waals surface area contributed by atoms with Crippen molar-refractivity contribution in [1.29, 1.82) is 0 Å². The highest BCUT2D eigenvalue weighted by molar-refractivity contribution is 7.85. The first-order valence-corrected chi connectivity index (χ1v) is 5.30. The summed E-state index contributed by atoms with van der Waals surface area (Å²) in [5.41, 5.74) is 0. The van der Waals surface area contributed by atoms with Crippen molar-refractivity contribution in [2.45, 2.75) is 13.3 Å². The molecule has 0 heterocycles. The molecule has 0 fully saturated rings. The average Bonchev–Trinajstić information content (AvgIpc) is 2.00. The normalized spacial score (nSPS) is 12.3. The first kappa shape index (κ1) is 13.1. The highest BCUT2D eigenvalue weighted by Crippen LogP contribution is 2.05. The fraction of sp³-hybridized carbons (Fsp3) is 0.429. The minimum atomic E-state index is -4.16. The SMILES string of the molecule is CC=CC(=O)O[C](O)CCS(=O)(=O)O. The molecular formula is C7H11O6S. The van der Waals surface area contributed by atoms with Gasteiger partial charge in [-0.2, -0.15) is 8.42 Å². The zero-order valence-corrected chi connectivity index (χ0v) is 8.32. The second kappa shape index (κ2) is 5.74. The zero-order valence-electron chi connectivity index (χ0n) is 7.50. The van der Waals surface area contributed by atoms with Crippen LogP contribution in [0.1, 0.15) is 13.3 Å². The molecule has 0 saturated heterocycles. The second-order valence-corrected chi connectivity index (χ2v) is 3.92. The van der Waals surface area contributed by atoms with Gasteiger partial charge in [-0.1, -0.05) is 6.08 Å². The lowest BCUT2D eigenvalue weighted by Crippen LogP contribution is -2.13. The summed E-state index contributed by atoms with van der Waals surface area (Å²) < 4.78 is 33.0. The maximum Gasteiger partial charge on any atom is 0.333 e. The summed E-state index contributed by atoms with van der Waals surface area (Å²) in [5.74, 6) is -1.50. The van der Waals surface area contributed by atoms with Crippen LogP contribution in [0.5, 0.6) is 0 Å². The molecule has 0 unspecified atom stereocenters. The summed E-state index contributed by atoms with van der Waals surface area (Å²) >= 11 is 0. The topological polar surface area (TPSA) is 101 Å². The predicted molar refractivity (Wildman–Crippen MR) is 47.1 cm³/mol. The monoisotopic (exact) mass is 223 g/mol. The summed E-state index contributed by atoms with van der Waals surface area (Å²) in [6.45, 7) is 1.58. The van der Waals surface area contributed by atoms with Gasteiger partial charge in [-0.3, -0.25) is 4.55 Å². The van der Waals surface area contributed by atoms with Gasteiger partial charge in [0.1, 0.15) is 0 Å². The molecular weight excluding hydrogens is 212 g/mol. The highest BCUT2D eigenvalue weighted by atomic mass is 32.2. The van der Waals surface area contributed by atoms with Crippen molar-refractivity contribution in [3.05, 3.63) is 18.4 Å². The molecule has 0 aromatic rings. The van der Waals surface area contributed by atoms with Crippen LogP contribution in [0.15, 0.2) is 12.2 Å². The number of hydrogen-bond donors (Lipinski definition) is 2. The van der Waals surface area contributed by atoms with E-state index < -0.39 is 34.6 Å². The Bertz CT molecular complexity index is 304. The Morgan fingerprint density at radius 2 is 2.07 bits per heavy atom. The van der Waals surface area contributed by atoms with Crippen LogP contribution >= 0.6 is 0 Å². The van der Waals surface area contributed by atoms with Crippen LogP contribution in [0.3, 0.4) is 0 Å². The van der Waals surface area contributed by atoms with Crippen LogP contribution in [0.25, 0.3) is 0 Å². The molecule has 0 aromatic heterocycles. The largest absolute Gasteiger partial charge is 0.423 e. The van der Waals surface area contributed by atoms with Gasteiger partial charge in [0, 0.05) is 12.5 Å². The Balaban J connectivity index is 3.88. The lowest BCUT2D eigenvalue weighted by Gasteiger charge is -2.06. The first-order valence-electron chi connectivity index (χ1n) is 3.69. The Morgan fingerprint density at radius 3 is 2.50 bits per heavy atom. The van der Waals surface area contributed by atoms with Crippen molar-refractivity contribution in [1.82, 2.24) is 0 Å². The van der Waals surface area contributed by atoms with E-state index in [1.807, 2.05) is 0 Å². The standard InChI is InChI=1S/C7H11O6S/c1-2-3-6(8)13-7(9)4-5-14(10,11)12/h2-3,9H,4-5H2,1H3,(H,10,11,12). The summed E-state index contributed by atoms with van der Waals surface area (Å²) in [7, 11) is -4.16. The molecule has 0 atom stereocenters. The van der Waals surface area contributed by atoms with E-state index >= 15 is 0 Å². The van der Waals surface area contributed by atoms with Crippen molar-refractivity contribution in [2.75, 3.05) is 5.75 Å². The third-order valence-electron chi connectivity index (χ3n) is 1.10. The molecule has 14 heavy (non-hydrogen) atoms. The van der Waals surface area contributed by atoms with Crippen LogP contribution in [-0.4, -0.2) is 29.8 Å². The molecule has 6 nitrogen and oxygen atoms in total. The first-order chi connectivity index (χ1) is 6.35.